The van der Waals surface area contributed by atoms with Crippen molar-refractivity contribution in [3.05, 3.63) is 87.2 Å². The van der Waals surface area contributed by atoms with E-state index in [1.807, 2.05) is 6.26 Å². The number of nitrogens with zero attached hydrogens (tertiary/aromatic N) is 2. The minimum absolute atomic E-state index is 0.0274. The molecule has 1 saturated carbocycles. The van der Waals surface area contributed by atoms with Gasteiger partial charge in [0.2, 0.25) is 0 Å². The van der Waals surface area contributed by atoms with Crippen molar-refractivity contribution in [1.29, 1.82) is 0 Å². The molecule has 0 saturated heterocycles. The van der Waals surface area contributed by atoms with Gasteiger partial charge in [-0.2, -0.15) is 20.5 Å². The van der Waals surface area contributed by atoms with E-state index in [0.29, 0.717) is 29.4 Å². The third-order valence-corrected chi connectivity index (χ3v) is 8.63. The van der Waals surface area contributed by atoms with Crippen molar-refractivity contribution in [3.63, 3.8) is 0 Å². The lowest BCUT2D eigenvalue weighted by Crippen LogP contribution is -2.46. The molecule has 0 bridgehead atoms. The third kappa shape index (κ3) is 7.27. The number of benzene rings is 2. The molecule has 1 aromatic heterocycles. The Morgan fingerprint density at radius 3 is 2.30 bits per heavy atom. The summed E-state index contributed by atoms with van der Waals surface area (Å²) in [6.45, 7) is -2.77. The summed E-state index contributed by atoms with van der Waals surface area (Å²) in [7, 11) is 0. The van der Waals surface area contributed by atoms with Crippen molar-refractivity contribution in [2.75, 3.05) is 18.6 Å². The Hall–Kier alpha value is -3.41. The Morgan fingerprint density at radius 1 is 1.05 bits per heavy atom. The Bertz CT molecular complexity index is 1500. The summed E-state index contributed by atoms with van der Waals surface area (Å²) in [6, 6.07) is 9.39. The Kier molecular flexibility index (Phi) is 10.3. The van der Waals surface area contributed by atoms with Crippen LogP contribution in [0.3, 0.4) is 0 Å². The molecule has 1 fully saturated rings. The van der Waals surface area contributed by atoms with Gasteiger partial charge in [-0.3, -0.25) is 19.5 Å². The SMILES string of the molecule is CSCCC(C(=O)O[C@@H](Cc1c(Cl)cncc1Cl)c1ccc(OC(F)F)c(OCC2CC2)c1)N1C(=O)c2ccccc2C1=O. The van der Waals surface area contributed by atoms with Gasteiger partial charge in [-0.25, -0.2) is 4.79 Å². The fraction of sp³-hybridized carbons (Fsp3) is 0.355. The van der Waals surface area contributed by atoms with E-state index in [9.17, 15) is 23.2 Å². The van der Waals surface area contributed by atoms with Crippen molar-refractivity contribution in [2.24, 2.45) is 5.92 Å². The number of ether oxygens (including phenoxy) is 3. The number of halogens is 4. The molecule has 0 radical (unpaired) electrons. The van der Waals surface area contributed by atoms with Crippen molar-refractivity contribution < 1.29 is 37.4 Å². The van der Waals surface area contributed by atoms with E-state index < -0.39 is 36.5 Å². The molecular weight excluding hydrogens is 637 g/mol. The van der Waals surface area contributed by atoms with Crippen LogP contribution in [0.5, 0.6) is 11.5 Å². The summed E-state index contributed by atoms with van der Waals surface area (Å²) in [5.74, 6) is -1.34. The molecule has 2 heterocycles. The number of hydrogen-bond acceptors (Lipinski definition) is 8. The lowest BCUT2D eigenvalue weighted by molar-refractivity contribution is -0.154. The van der Waals surface area contributed by atoms with E-state index in [1.165, 1.54) is 54.5 Å². The van der Waals surface area contributed by atoms with Crippen LogP contribution in [0.4, 0.5) is 8.78 Å². The van der Waals surface area contributed by atoms with Crippen LogP contribution in [0.15, 0.2) is 54.9 Å². The summed E-state index contributed by atoms with van der Waals surface area (Å²) in [5, 5.41) is 0.446. The Labute approximate surface area is 267 Å². The predicted octanol–water partition coefficient (Wildman–Crippen LogP) is 7.02. The maximum Gasteiger partial charge on any atom is 0.387 e. The molecule has 3 aromatic rings. The van der Waals surface area contributed by atoms with Crippen LogP contribution >= 0.6 is 35.0 Å². The van der Waals surface area contributed by atoms with Gasteiger partial charge < -0.3 is 14.2 Å². The molecule has 13 heteroatoms. The number of carbonyl (C=O) groups is 3. The highest BCUT2D eigenvalue weighted by atomic mass is 35.5. The number of hydrogen-bond donors (Lipinski definition) is 0. The molecule has 0 spiro atoms. The maximum absolute atomic E-state index is 13.9. The van der Waals surface area contributed by atoms with E-state index >= 15 is 0 Å². The quantitative estimate of drug-likeness (QED) is 0.134. The topological polar surface area (TPSA) is 95.0 Å². The van der Waals surface area contributed by atoms with Gasteiger partial charge in [0.15, 0.2) is 11.5 Å². The number of pyridine rings is 1. The zero-order chi connectivity index (χ0) is 31.4. The highest BCUT2D eigenvalue weighted by Gasteiger charge is 2.43. The summed E-state index contributed by atoms with van der Waals surface area (Å²) in [5.41, 5.74) is 1.22. The first-order valence-electron chi connectivity index (χ1n) is 13.8. The second-order valence-electron chi connectivity index (χ2n) is 10.4. The van der Waals surface area contributed by atoms with Crippen LogP contribution < -0.4 is 9.47 Å². The van der Waals surface area contributed by atoms with Crippen molar-refractivity contribution in [3.8, 4) is 11.5 Å². The van der Waals surface area contributed by atoms with Gasteiger partial charge in [0.05, 0.1) is 27.8 Å². The number of amides is 2. The first-order valence-corrected chi connectivity index (χ1v) is 16.0. The van der Waals surface area contributed by atoms with Gasteiger partial charge >= 0.3 is 12.6 Å². The summed E-state index contributed by atoms with van der Waals surface area (Å²) in [4.78, 5) is 45.5. The van der Waals surface area contributed by atoms with E-state index in [2.05, 4.69) is 9.72 Å². The minimum atomic E-state index is -3.08. The molecule has 5 rings (SSSR count). The molecule has 2 amide bonds. The van der Waals surface area contributed by atoms with Crippen molar-refractivity contribution in [1.82, 2.24) is 9.88 Å². The third-order valence-electron chi connectivity index (χ3n) is 7.33. The molecule has 1 unspecified atom stereocenters. The first-order chi connectivity index (χ1) is 21.2. The Morgan fingerprint density at radius 2 is 1.70 bits per heavy atom. The zero-order valence-corrected chi connectivity index (χ0v) is 25.8. The van der Waals surface area contributed by atoms with E-state index in [0.717, 1.165) is 17.7 Å². The fourth-order valence-corrected chi connectivity index (χ4v) is 5.84. The molecule has 2 atom stereocenters. The van der Waals surface area contributed by atoms with Crippen LogP contribution in [-0.4, -0.2) is 58.9 Å². The highest BCUT2D eigenvalue weighted by molar-refractivity contribution is 7.98. The van der Waals surface area contributed by atoms with Crippen LogP contribution in [0.25, 0.3) is 0 Å². The molecule has 8 nitrogen and oxygen atoms in total. The zero-order valence-electron chi connectivity index (χ0n) is 23.5. The molecule has 2 aliphatic rings. The second-order valence-corrected chi connectivity index (χ2v) is 12.2. The number of esters is 1. The van der Waals surface area contributed by atoms with Gasteiger partial charge in [0.1, 0.15) is 12.1 Å². The van der Waals surface area contributed by atoms with Gasteiger partial charge in [-0.15, -0.1) is 0 Å². The normalized spacial score (nSPS) is 15.7. The van der Waals surface area contributed by atoms with E-state index in [-0.39, 0.29) is 45.5 Å². The lowest BCUT2D eigenvalue weighted by atomic mass is 10.0. The molecular formula is C31H28Cl2F2N2O6S. The molecule has 2 aromatic carbocycles. The molecule has 0 N–H and O–H groups in total. The van der Waals surface area contributed by atoms with Crippen molar-refractivity contribution >= 4 is 52.7 Å². The average molecular weight is 666 g/mol. The summed E-state index contributed by atoms with van der Waals surface area (Å²) in [6.07, 6.45) is 5.62. The standard InChI is InChI=1S/C31H28Cl2F2N2O6S/c1-44-11-10-24(37-28(38)19-4-2-3-5-20(19)29(37)39)30(40)42-26(13-21-22(32)14-36-15-23(21)33)18-8-9-25(43-31(34)35)27(12-18)41-16-17-6-7-17/h2-5,8-9,12,14-15,17,24,26,31H,6-7,10-11,13,16H2,1H3/t24?,26-/m0/s1. The van der Waals surface area contributed by atoms with Crippen LogP contribution in [0.2, 0.25) is 10.0 Å². The van der Waals surface area contributed by atoms with Gasteiger partial charge in [-0.1, -0.05) is 41.4 Å². The fourth-order valence-electron chi connectivity index (χ4n) is 4.86. The average Bonchev–Trinajstić information content (AvgIpc) is 3.80. The highest BCUT2D eigenvalue weighted by Crippen LogP contribution is 2.38. The van der Waals surface area contributed by atoms with Crippen molar-refractivity contribution in [2.45, 2.75) is 44.4 Å². The van der Waals surface area contributed by atoms with Gasteiger partial charge in [0.25, 0.3) is 11.8 Å². The van der Waals surface area contributed by atoms with E-state index in [1.54, 1.807) is 12.1 Å². The molecule has 1 aliphatic carbocycles. The maximum atomic E-state index is 13.9. The number of carbonyl (C=O) groups excluding carboxylic acids is 3. The van der Waals surface area contributed by atoms with Gasteiger partial charge in [0, 0.05) is 18.8 Å². The minimum Gasteiger partial charge on any atom is -0.489 e. The van der Waals surface area contributed by atoms with E-state index in [4.69, 9.17) is 32.7 Å². The van der Waals surface area contributed by atoms with Crippen LogP contribution in [-0.2, 0) is 16.0 Å². The summed E-state index contributed by atoms with van der Waals surface area (Å²) < 4.78 is 42.9. The van der Waals surface area contributed by atoms with Crippen LogP contribution in [0, 0.1) is 5.92 Å². The smallest absolute Gasteiger partial charge is 0.387 e. The predicted molar refractivity (Wildman–Crippen MR) is 162 cm³/mol. The molecule has 232 valence electrons. The number of thioether (sulfide) groups is 1. The van der Waals surface area contributed by atoms with Crippen LogP contribution in [0.1, 0.15) is 57.2 Å². The largest absolute Gasteiger partial charge is 0.489 e. The molecule has 44 heavy (non-hydrogen) atoms. The Balaban J connectivity index is 1.50. The second kappa shape index (κ2) is 14.1. The lowest BCUT2D eigenvalue weighted by Gasteiger charge is -2.28. The monoisotopic (exact) mass is 664 g/mol. The number of aromatic nitrogens is 1. The van der Waals surface area contributed by atoms with Gasteiger partial charge in [-0.05, 0) is 72.6 Å². The summed E-state index contributed by atoms with van der Waals surface area (Å²) >= 11 is 14.3. The number of fused-ring (bicyclic) bond motifs is 1. The number of rotatable bonds is 14. The molecule has 1 aliphatic heterocycles. The number of imide groups is 1. The number of alkyl halides is 2. The first kappa shape index (κ1) is 32.0.